The van der Waals surface area contributed by atoms with Crippen LogP contribution in [0.25, 0.3) is 11.1 Å². The molecule has 3 rings (SSSR count). The molecular weight excluding hydrogens is 381 g/mol. The van der Waals surface area contributed by atoms with Crippen molar-refractivity contribution < 1.29 is 27.4 Å². The molecule has 0 aliphatic carbocycles. The van der Waals surface area contributed by atoms with Crippen molar-refractivity contribution in [1.82, 2.24) is 0 Å². The Labute approximate surface area is 167 Å². The van der Waals surface area contributed by atoms with E-state index in [0.29, 0.717) is 24.3 Å². The highest BCUT2D eigenvalue weighted by Gasteiger charge is 2.15. The van der Waals surface area contributed by atoms with Gasteiger partial charge in [-0.2, -0.15) is 8.78 Å². The lowest BCUT2D eigenvalue weighted by Gasteiger charge is -2.11. The highest BCUT2D eigenvalue weighted by atomic mass is 19.2. The molecule has 0 N–H and O–H groups in total. The van der Waals surface area contributed by atoms with Crippen molar-refractivity contribution in [2.75, 3.05) is 13.7 Å². The first kappa shape index (κ1) is 20.7. The van der Waals surface area contributed by atoms with Crippen molar-refractivity contribution in [2.24, 2.45) is 0 Å². The van der Waals surface area contributed by atoms with Gasteiger partial charge in [0.2, 0.25) is 11.6 Å². The lowest BCUT2D eigenvalue weighted by atomic mass is 10.0. The maximum atomic E-state index is 14.4. The second-order valence-electron chi connectivity index (χ2n) is 6.33. The Kier molecular flexibility index (Phi) is 6.77. The number of hydrogen-bond donors (Lipinski definition) is 0. The highest BCUT2D eigenvalue weighted by molar-refractivity contribution is 5.64. The average molecular weight is 402 g/mol. The molecule has 0 radical (unpaired) electrons. The number of methoxy groups -OCH3 is 1. The van der Waals surface area contributed by atoms with Crippen LogP contribution in [0.2, 0.25) is 0 Å². The minimum absolute atomic E-state index is 0.0404. The molecule has 0 aliphatic rings. The summed E-state index contributed by atoms with van der Waals surface area (Å²) in [6.45, 7) is 2.86. The Bertz CT molecular complexity index is 972. The Morgan fingerprint density at radius 1 is 0.759 bits per heavy atom. The molecule has 0 aromatic heterocycles. The highest BCUT2D eigenvalue weighted by Crippen LogP contribution is 2.28. The largest absolute Gasteiger partial charge is 0.494 e. The molecule has 29 heavy (non-hydrogen) atoms. The lowest BCUT2D eigenvalue weighted by molar-refractivity contribution is 0.134. The SMILES string of the molecule is CCOCc1ccc(-c2ccc(COc3ccc(OC)c(F)c3F)cc2)c(F)c1. The quantitative estimate of drug-likeness (QED) is 0.470. The fourth-order valence-corrected chi connectivity index (χ4v) is 2.83. The van der Waals surface area contributed by atoms with Crippen LogP contribution in [0.5, 0.6) is 11.5 Å². The molecule has 0 unspecified atom stereocenters. The molecule has 152 valence electrons. The number of halogens is 3. The predicted octanol–water partition coefficient (Wildman–Crippen LogP) is 5.90. The molecule has 3 nitrogen and oxygen atoms in total. The van der Waals surface area contributed by atoms with E-state index >= 15 is 0 Å². The second-order valence-corrected chi connectivity index (χ2v) is 6.33. The summed E-state index contributed by atoms with van der Waals surface area (Å²) in [6, 6.07) is 14.6. The van der Waals surface area contributed by atoms with Crippen LogP contribution < -0.4 is 9.47 Å². The molecule has 0 atom stereocenters. The second kappa shape index (κ2) is 9.47. The molecule has 0 saturated carbocycles. The van der Waals surface area contributed by atoms with Crippen molar-refractivity contribution in [1.29, 1.82) is 0 Å². The summed E-state index contributed by atoms with van der Waals surface area (Å²) >= 11 is 0. The minimum Gasteiger partial charge on any atom is -0.494 e. The minimum atomic E-state index is -1.10. The van der Waals surface area contributed by atoms with Crippen LogP contribution in [0.1, 0.15) is 18.1 Å². The zero-order valence-electron chi connectivity index (χ0n) is 16.2. The van der Waals surface area contributed by atoms with Gasteiger partial charge >= 0.3 is 0 Å². The van der Waals surface area contributed by atoms with Gasteiger partial charge in [0, 0.05) is 12.2 Å². The fraction of sp³-hybridized carbons (Fsp3) is 0.217. The van der Waals surface area contributed by atoms with Gasteiger partial charge in [-0.3, -0.25) is 0 Å². The molecular formula is C23H21F3O3. The van der Waals surface area contributed by atoms with E-state index in [1.165, 1.54) is 25.3 Å². The summed E-state index contributed by atoms with van der Waals surface area (Å²) < 4.78 is 57.5. The lowest BCUT2D eigenvalue weighted by Crippen LogP contribution is -2.00. The summed E-state index contributed by atoms with van der Waals surface area (Å²) in [5.74, 6) is -2.92. The molecule has 3 aromatic carbocycles. The molecule has 0 amide bonds. The first-order valence-electron chi connectivity index (χ1n) is 9.13. The topological polar surface area (TPSA) is 27.7 Å². The summed E-state index contributed by atoms with van der Waals surface area (Å²) in [5, 5.41) is 0. The van der Waals surface area contributed by atoms with E-state index in [0.717, 1.165) is 11.1 Å². The molecule has 0 bridgehead atoms. The van der Waals surface area contributed by atoms with Gasteiger partial charge in [0.05, 0.1) is 13.7 Å². The average Bonchev–Trinajstić information content (AvgIpc) is 2.74. The smallest absolute Gasteiger partial charge is 0.204 e. The monoisotopic (exact) mass is 402 g/mol. The van der Waals surface area contributed by atoms with Crippen LogP contribution in [-0.4, -0.2) is 13.7 Å². The van der Waals surface area contributed by atoms with E-state index < -0.39 is 11.6 Å². The summed E-state index contributed by atoms with van der Waals surface area (Å²) in [5.41, 5.74) is 2.68. The van der Waals surface area contributed by atoms with Crippen LogP contribution in [-0.2, 0) is 18.0 Å². The summed E-state index contributed by atoms with van der Waals surface area (Å²) in [6.07, 6.45) is 0. The standard InChI is InChI=1S/C23H21F3O3/c1-3-28-13-16-6-9-18(19(24)12-16)17-7-4-15(5-8-17)14-29-21-11-10-20(27-2)22(25)23(21)26/h4-12H,3,13-14H2,1-2H3. The van der Waals surface area contributed by atoms with E-state index in [2.05, 4.69) is 0 Å². The first-order valence-corrected chi connectivity index (χ1v) is 9.13. The summed E-state index contributed by atoms with van der Waals surface area (Å²) in [7, 11) is 1.26. The first-order chi connectivity index (χ1) is 14.0. The predicted molar refractivity (Wildman–Crippen MR) is 104 cm³/mol. The van der Waals surface area contributed by atoms with E-state index in [4.69, 9.17) is 14.2 Å². The number of ether oxygens (including phenoxy) is 3. The third-order valence-corrected chi connectivity index (χ3v) is 4.40. The van der Waals surface area contributed by atoms with E-state index in [1.54, 1.807) is 30.3 Å². The van der Waals surface area contributed by atoms with Gasteiger partial charge in [-0.25, -0.2) is 4.39 Å². The van der Waals surface area contributed by atoms with E-state index in [1.807, 2.05) is 13.0 Å². The third kappa shape index (κ3) is 4.90. The van der Waals surface area contributed by atoms with Crippen LogP contribution in [0.3, 0.4) is 0 Å². The number of rotatable bonds is 8. The van der Waals surface area contributed by atoms with Crippen molar-refractivity contribution in [3.63, 3.8) is 0 Å². The molecule has 0 aliphatic heterocycles. The molecule has 0 spiro atoms. The van der Waals surface area contributed by atoms with Crippen LogP contribution in [0.4, 0.5) is 13.2 Å². The molecule has 0 fully saturated rings. The summed E-state index contributed by atoms with van der Waals surface area (Å²) in [4.78, 5) is 0. The van der Waals surface area contributed by atoms with E-state index in [-0.39, 0.29) is 23.9 Å². The fourth-order valence-electron chi connectivity index (χ4n) is 2.83. The van der Waals surface area contributed by atoms with Crippen molar-refractivity contribution >= 4 is 0 Å². The molecule has 6 heteroatoms. The van der Waals surface area contributed by atoms with Gasteiger partial charge in [0.15, 0.2) is 11.5 Å². The maximum Gasteiger partial charge on any atom is 0.204 e. The Balaban J connectivity index is 1.69. The van der Waals surface area contributed by atoms with Gasteiger partial charge in [-0.05, 0) is 41.8 Å². The van der Waals surface area contributed by atoms with Gasteiger partial charge in [-0.1, -0.05) is 36.4 Å². The molecule has 3 aromatic rings. The Morgan fingerprint density at radius 3 is 2.07 bits per heavy atom. The zero-order valence-corrected chi connectivity index (χ0v) is 16.2. The van der Waals surface area contributed by atoms with Crippen LogP contribution >= 0.6 is 0 Å². The Morgan fingerprint density at radius 2 is 1.41 bits per heavy atom. The van der Waals surface area contributed by atoms with Gasteiger partial charge in [0.1, 0.15) is 12.4 Å². The molecule has 0 saturated heterocycles. The maximum absolute atomic E-state index is 14.4. The zero-order chi connectivity index (χ0) is 20.8. The van der Waals surface area contributed by atoms with Crippen LogP contribution in [0.15, 0.2) is 54.6 Å². The van der Waals surface area contributed by atoms with Gasteiger partial charge in [-0.15, -0.1) is 0 Å². The van der Waals surface area contributed by atoms with Crippen molar-refractivity contribution in [3.05, 3.63) is 83.2 Å². The van der Waals surface area contributed by atoms with Gasteiger partial charge in [0.25, 0.3) is 0 Å². The van der Waals surface area contributed by atoms with Gasteiger partial charge < -0.3 is 14.2 Å². The number of hydrogen-bond acceptors (Lipinski definition) is 3. The third-order valence-electron chi connectivity index (χ3n) is 4.40. The normalized spacial score (nSPS) is 10.8. The number of benzene rings is 3. The van der Waals surface area contributed by atoms with Crippen LogP contribution in [0, 0.1) is 17.5 Å². The Hall–Kier alpha value is -2.99. The van der Waals surface area contributed by atoms with Crippen molar-refractivity contribution in [2.45, 2.75) is 20.1 Å². The van der Waals surface area contributed by atoms with E-state index in [9.17, 15) is 13.2 Å². The van der Waals surface area contributed by atoms with Crippen molar-refractivity contribution in [3.8, 4) is 22.6 Å². The molecule has 0 heterocycles.